The van der Waals surface area contributed by atoms with Gasteiger partial charge in [-0.05, 0) is 43.6 Å². The van der Waals surface area contributed by atoms with Crippen LogP contribution < -0.4 is 5.32 Å². The number of carbonyl (C=O) groups is 3. The summed E-state index contributed by atoms with van der Waals surface area (Å²) in [6.45, 7) is 5.99. The van der Waals surface area contributed by atoms with Gasteiger partial charge in [0.1, 0.15) is 6.10 Å². The fourth-order valence-electron chi connectivity index (χ4n) is 6.77. The summed E-state index contributed by atoms with van der Waals surface area (Å²) in [6, 6.07) is 6.61. The summed E-state index contributed by atoms with van der Waals surface area (Å²) in [6.07, 6.45) is -0.297. The maximum atomic E-state index is 12.8. The van der Waals surface area contributed by atoms with Crippen LogP contribution in [0.5, 0.6) is 0 Å². The number of carbonyl (C=O) groups excluding carboxylic acids is 2. The maximum Gasteiger partial charge on any atom is 0.329 e. The van der Waals surface area contributed by atoms with E-state index in [0.29, 0.717) is 17.9 Å². The van der Waals surface area contributed by atoms with Gasteiger partial charge in [0, 0.05) is 24.7 Å². The average molecular weight is 548 g/mol. The number of ether oxygens (including phenoxy) is 3. The van der Waals surface area contributed by atoms with Crippen LogP contribution in [-0.2, 0) is 38.4 Å². The Kier molecular flexibility index (Phi) is 7.73. The van der Waals surface area contributed by atoms with Crippen molar-refractivity contribution in [3.63, 3.8) is 0 Å². The van der Waals surface area contributed by atoms with Crippen LogP contribution in [0.3, 0.4) is 0 Å². The van der Waals surface area contributed by atoms with Crippen molar-refractivity contribution in [2.75, 3.05) is 0 Å². The summed E-state index contributed by atoms with van der Waals surface area (Å²) in [5.74, 6) is -3.33. The SMILES string of the molecule is C[C@H]1[C@H](OC(=O)CCC(=O)N[C@H](C(=O)O)[C@@H](O)c2ccccc2)O[C@@H]2O[C@]3(C)CC[C@H]4[C@H](C)CC[C@@H]1[C@@]24OO3. The number of aliphatic hydroxyl groups is 1. The minimum atomic E-state index is -1.57. The number of aliphatic hydroxyl groups excluding tert-OH is 1. The fourth-order valence-corrected chi connectivity index (χ4v) is 6.77. The third kappa shape index (κ3) is 5.18. The van der Waals surface area contributed by atoms with Gasteiger partial charge in [-0.2, -0.15) is 0 Å². The van der Waals surface area contributed by atoms with Crippen molar-refractivity contribution in [2.24, 2.45) is 23.7 Å². The van der Waals surface area contributed by atoms with Crippen LogP contribution in [0.15, 0.2) is 30.3 Å². The van der Waals surface area contributed by atoms with E-state index in [4.69, 9.17) is 24.0 Å². The molecule has 4 aliphatic heterocycles. The summed E-state index contributed by atoms with van der Waals surface area (Å²) in [5.41, 5.74) is -0.427. The molecule has 1 spiro atoms. The van der Waals surface area contributed by atoms with E-state index in [1.54, 1.807) is 30.3 Å². The highest BCUT2D eigenvalue weighted by atomic mass is 17.3. The van der Waals surface area contributed by atoms with Gasteiger partial charge in [0.15, 0.2) is 17.9 Å². The number of rotatable bonds is 8. The molecule has 0 unspecified atom stereocenters. The summed E-state index contributed by atoms with van der Waals surface area (Å²) in [4.78, 5) is 48.8. The van der Waals surface area contributed by atoms with Gasteiger partial charge in [-0.3, -0.25) is 9.59 Å². The van der Waals surface area contributed by atoms with Gasteiger partial charge in [0.2, 0.25) is 18.0 Å². The number of fused-ring (bicyclic) bond motifs is 2. The number of benzene rings is 1. The standard InChI is InChI=1S/C28H37NO10/c1-15-9-10-19-16(2)25(36-26-28(19)18(15)13-14-27(3,37-26)38-39-28)35-21(31)12-11-20(30)29-22(24(33)34)23(32)17-7-5-4-6-8-17/h4-8,15-16,18-19,22-23,25-26,32H,9-14H2,1-3H3,(H,29,30)(H,33,34)/t15-,16-,18+,19+,22+,23+,25-,26-,27+,28-/m1/s1. The number of nitrogens with one attached hydrogen (secondary N) is 1. The van der Waals surface area contributed by atoms with E-state index in [9.17, 15) is 24.6 Å². The second-order valence-electron chi connectivity index (χ2n) is 11.5. The highest BCUT2D eigenvalue weighted by Crippen LogP contribution is 2.60. The lowest BCUT2D eigenvalue weighted by Crippen LogP contribution is -2.70. The molecule has 6 rings (SSSR count). The normalized spacial score (nSPS) is 38.6. The summed E-state index contributed by atoms with van der Waals surface area (Å²) >= 11 is 0. The molecule has 11 heteroatoms. The molecule has 5 aliphatic rings. The first-order valence-electron chi connectivity index (χ1n) is 13.7. The van der Waals surface area contributed by atoms with Crippen LogP contribution in [0.25, 0.3) is 0 Å². The molecular weight excluding hydrogens is 510 g/mol. The van der Waals surface area contributed by atoms with Crippen LogP contribution in [0, 0.1) is 23.7 Å². The van der Waals surface area contributed by atoms with Crippen LogP contribution in [0.2, 0.25) is 0 Å². The maximum absolute atomic E-state index is 12.8. The monoisotopic (exact) mass is 547 g/mol. The zero-order valence-electron chi connectivity index (χ0n) is 22.4. The van der Waals surface area contributed by atoms with E-state index in [2.05, 4.69) is 12.2 Å². The third-order valence-electron chi connectivity index (χ3n) is 8.94. The van der Waals surface area contributed by atoms with Gasteiger partial charge in [-0.15, -0.1) is 0 Å². The molecule has 214 valence electrons. The Balaban J connectivity index is 1.20. The lowest BCUT2D eigenvalue weighted by Gasteiger charge is -2.59. The Labute approximate surface area is 227 Å². The molecule has 11 nitrogen and oxygen atoms in total. The Morgan fingerprint density at radius 1 is 1.08 bits per heavy atom. The molecule has 39 heavy (non-hydrogen) atoms. The van der Waals surface area contributed by atoms with E-state index >= 15 is 0 Å². The number of carboxylic acids is 1. The van der Waals surface area contributed by atoms with Crippen molar-refractivity contribution < 1.29 is 48.6 Å². The summed E-state index contributed by atoms with van der Waals surface area (Å²) in [7, 11) is 0. The summed E-state index contributed by atoms with van der Waals surface area (Å²) in [5, 5.41) is 22.3. The smallest absolute Gasteiger partial charge is 0.329 e. The number of aliphatic carboxylic acids is 1. The molecule has 1 amide bonds. The minimum Gasteiger partial charge on any atom is -0.480 e. The van der Waals surface area contributed by atoms with Crippen molar-refractivity contribution in [1.29, 1.82) is 0 Å². The minimum absolute atomic E-state index is 0.0167. The average Bonchev–Trinajstić information content (AvgIpc) is 3.14. The molecule has 2 bridgehead atoms. The first-order valence-corrected chi connectivity index (χ1v) is 13.7. The number of amides is 1. The van der Waals surface area contributed by atoms with Crippen LogP contribution in [0.1, 0.15) is 71.0 Å². The predicted molar refractivity (Wildman–Crippen MR) is 133 cm³/mol. The van der Waals surface area contributed by atoms with E-state index in [-0.39, 0.29) is 30.6 Å². The molecule has 5 fully saturated rings. The van der Waals surface area contributed by atoms with E-state index in [1.165, 1.54) is 0 Å². The molecule has 1 aromatic carbocycles. The predicted octanol–water partition coefficient (Wildman–Crippen LogP) is 2.82. The number of hydrogen-bond donors (Lipinski definition) is 3. The number of esters is 1. The second kappa shape index (κ2) is 10.8. The first kappa shape index (κ1) is 28.0. The topological polar surface area (TPSA) is 150 Å². The van der Waals surface area contributed by atoms with Crippen LogP contribution in [-0.4, -0.2) is 58.1 Å². The second-order valence-corrected chi connectivity index (χ2v) is 11.5. The van der Waals surface area contributed by atoms with Crippen molar-refractivity contribution >= 4 is 17.8 Å². The zero-order valence-corrected chi connectivity index (χ0v) is 22.4. The quantitative estimate of drug-likeness (QED) is 0.327. The third-order valence-corrected chi connectivity index (χ3v) is 8.94. The Bertz CT molecular complexity index is 1080. The lowest BCUT2D eigenvalue weighted by molar-refractivity contribution is -0.576. The Hall–Kier alpha value is -2.57. The van der Waals surface area contributed by atoms with Gasteiger partial charge < -0.3 is 29.7 Å². The van der Waals surface area contributed by atoms with Crippen molar-refractivity contribution in [2.45, 2.75) is 95.4 Å². The van der Waals surface area contributed by atoms with E-state index in [1.807, 2.05) is 13.8 Å². The summed E-state index contributed by atoms with van der Waals surface area (Å²) < 4.78 is 18.2. The van der Waals surface area contributed by atoms with Gasteiger partial charge in [-0.25, -0.2) is 14.6 Å². The largest absolute Gasteiger partial charge is 0.480 e. The lowest BCUT2D eigenvalue weighted by atomic mass is 9.58. The van der Waals surface area contributed by atoms with Gasteiger partial charge in [-0.1, -0.05) is 44.2 Å². The molecule has 0 radical (unpaired) electrons. The van der Waals surface area contributed by atoms with Gasteiger partial charge in [0.05, 0.1) is 6.42 Å². The molecule has 0 aromatic heterocycles. The fraction of sp³-hybridized carbons (Fsp3) is 0.679. The molecule has 10 atom stereocenters. The molecule has 4 saturated heterocycles. The van der Waals surface area contributed by atoms with Gasteiger partial charge in [0.25, 0.3) is 0 Å². The molecule has 1 aromatic rings. The Morgan fingerprint density at radius 3 is 2.54 bits per heavy atom. The first-order chi connectivity index (χ1) is 18.5. The van der Waals surface area contributed by atoms with Crippen molar-refractivity contribution in [3.8, 4) is 0 Å². The molecule has 3 N–H and O–H groups in total. The molecule has 1 saturated carbocycles. The van der Waals surface area contributed by atoms with E-state index in [0.717, 1.165) is 19.3 Å². The zero-order chi connectivity index (χ0) is 27.9. The number of carboxylic acid groups (broad SMARTS) is 1. The van der Waals surface area contributed by atoms with Gasteiger partial charge >= 0.3 is 11.9 Å². The van der Waals surface area contributed by atoms with Crippen LogP contribution in [0.4, 0.5) is 0 Å². The Morgan fingerprint density at radius 2 is 1.82 bits per heavy atom. The molecule has 1 aliphatic carbocycles. The number of hydrogen-bond acceptors (Lipinski definition) is 9. The molecule has 4 heterocycles. The van der Waals surface area contributed by atoms with Crippen molar-refractivity contribution in [3.05, 3.63) is 35.9 Å². The van der Waals surface area contributed by atoms with Crippen molar-refractivity contribution in [1.82, 2.24) is 5.32 Å². The van der Waals surface area contributed by atoms with Crippen LogP contribution >= 0.6 is 0 Å². The molecular formula is C28H37NO10. The highest BCUT2D eigenvalue weighted by molar-refractivity contribution is 5.86. The van der Waals surface area contributed by atoms with E-state index < -0.39 is 54.0 Å². The highest BCUT2D eigenvalue weighted by Gasteiger charge is 2.69.